The van der Waals surface area contributed by atoms with Crippen molar-refractivity contribution in [1.82, 2.24) is 5.32 Å². The van der Waals surface area contributed by atoms with E-state index in [0.717, 1.165) is 36.4 Å². The zero-order chi connectivity index (χ0) is 18.4. The van der Waals surface area contributed by atoms with Crippen molar-refractivity contribution >= 4 is 23.0 Å². The number of hydrogen-bond acceptors (Lipinski definition) is 3. The second-order valence-corrected chi connectivity index (χ2v) is 6.64. The third kappa shape index (κ3) is 4.55. The lowest BCUT2D eigenvalue weighted by atomic mass is 9.87. The number of aryl methyl sites for hydroxylation is 1. The van der Waals surface area contributed by atoms with Gasteiger partial charge in [0.1, 0.15) is 18.1 Å². The van der Waals surface area contributed by atoms with E-state index in [1.165, 1.54) is 11.1 Å². The highest BCUT2D eigenvalue weighted by Crippen LogP contribution is 2.32. The molecule has 136 valence electrons. The summed E-state index contributed by atoms with van der Waals surface area (Å²) in [6.45, 7) is 4.14. The number of rotatable bonds is 6. The molecule has 0 spiro atoms. The fourth-order valence-electron chi connectivity index (χ4n) is 3.18. The molecule has 1 aliphatic rings. The summed E-state index contributed by atoms with van der Waals surface area (Å²) in [6, 6.07) is 14.2. The van der Waals surface area contributed by atoms with Gasteiger partial charge in [-0.05, 0) is 79.0 Å². The van der Waals surface area contributed by atoms with Crippen molar-refractivity contribution in [3.8, 4) is 11.5 Å². The Kier molecular flexibility index (Phi) is 6.12. The van der Waals surface area contributed by atoms with E-state index in [-0.39, 0.29) is 6.04 Å². The number of hydrogen-bond donors (Lipinski definition) is 2. The third-order valence-corrected chi connectivity index (χ3v) is 4.67. The lowest BCUT2D eigenvalue weighted by molar-refractivity contribution is 0.363. The number of fused-ring (bicyclic) bond motifs is 1. The molecule has 2 N–H and O–H groups in total. The zero-order valence-electron chi connectivity index (χ0n) is 15.0. The van der Waals surface area contributed by atoms with Crippen LogP contribution in [0.2, 0.25) is 0 Å². The van der Waals surface area contributed by atoms with Crippen LogP contribution in [0.25, 0.3) is 0 Å². The van der Waals surface area contributed by atoms with E-state index >= 15 is 0 Å². The van der Waals surface area contributed by atoms with Gasteiger partial charge in [-0.15, -0.1) is 0 Å². The van der Waals surface area contributed by atoms with Crippen molar-refractivity contribution in [3.05, 3.63) is 66.2 Å². The quantitative estimate of drug-likeness (QED) is 0.575. The van der Waals surface area contributed by atoms with Crippen LogP contribution in [0, 0.1) is 0 Å². The average Bonchev–Trinajstić information content (AvgIpc) is 2.67. The molecular formula is C21H24N2O2S. The number of anilines is 1. The maximum absolute atomic E-state index is 5.51. The van der Waals surface area contributed by atoms with Gasteiger partial charge in [-0.2, -0.15) is 0 Å². The molecule has 2 aromatic carbocycles. The largest absolute Gasteiger partial charge is 0.497 e. The van der Waals surface area contributed by atoms with E-state index in [0.29, 0.717) is 11.7 Å². The number of thiocarbonyl (C=S) groups is 1. The smallest absolute Gasteiger partial charge is 0.171 e. The van der Waals surface area contributed by atoms with Crippen molar-refractivity contribution < 1.29 is 9.47 Å². The van der Waals surface area contributed by atoms with Crippen molar-refractivity contribution in [2.75, 3.05) is 19.0 Å². The monoisotopic (exact) mass is 368 g/mol. The van der Waals surface area contributed by atoms with Gasteiger partial charge in [-0.25, -0.2) is 0 Å². The lowest BCUT2D eigenvalue weighted by Crippen LogP contribution is -2.34. The maximum atomic E-state index is 5.51. The Bertz CT molecular complexity index is 774. The van der Waals surface area contributed by atoms with Gasteiger partial charge < -0.3 is 20.1 Å². The Labute approximate surface area is 160 Å². The van der Waals surface area contributed by atoms with Gasteiger partial charge >= 0.3 is 0 Å². The van der Waals surface area contributed by atoms with Crippen molar-refractivity contribution in [2.24, 2.45) is 0 Å². The first-order valence-electron chi connectivity index (χ1n) is 8.77. The summed E-state index contributed by atoms with van der Waals surface area (Å²) in [7, 11) is 1.70. The molecule has 1 aliphatic carbocycles. The topological polar surface area (TPSA) is 42.5 Å². The normalized spacial score (nSPS) is 15.5. The molecule has 0 unspecified atom stereocenters. The molecule has 4 nitrogen and oxygen atoms in total. The minimum Gasteiger partial charge on any atom is -0.497 e. The van der Waals surface area contributed by atoms with Crippen LogP contribution in [0.5, 0.6) is 11.5 Å². The first-order valence-corrected chi connectivity index (χ1v) is 9.18. The van der Waals surface area contributed by atoms with E-state index in [4.69, 9.17) is 21.7 Å². The highest BCUT2D eigenvalue weighted by atomic mass is 32.1. The Morgan fingerprint density at radius 2 is 2.00 bits per heavy atom. The van der Waals surface area contributed by atoms with Gasteiger partial charge in [-0.3, -0.25) is 0 Å². The number of nitrogens with one attached hydrogen (secondary N) is 2. The van der Waals surface area contributed by atoms with Crippen LogP contribution in [0.15, 0.2) is 55.1 Å². The summed E-state index contributed by atoms with van der Waals surface area (Å²) in [5, 5.41) is 7.31. The van der Waals surface area contributed by atoms with Gasteiger partial charge in [0.05, 0.1) is 13.2 Å². The fourth-order valence-corrected chi connectivity index (χ4v) is 3.44. The molecule has 0 heterocycles. The minimum absolute atomic E-state index is 0.222. The average molecular weight is 369 g/mol. The van der Waals surface area contributed by atoms with Gasteiger partial charge in [0.25, 0.3) is 0 Å². The Balaban J connectivity index is 1.61. The molecule has 26 heavy (non-hydrogen) atoms. The highest BCUT2D eigenvalue weighted by molar-refractivity contribution is 7.80. The Hall–Kier alpha value is -2.53. The van der Waals surface area contributed by atoms with E-state index in [1.54, 1.807) is 13.2 Å². The summed E-state index contributed by atoms with van der Waals surface area (Å²) in [6.07, 6.45) is 5.01. The number of methoxy groups -OCH3 is 1. The maximum Gasteiger partial charge on any atom is 0.171 e. The van der Waals surface area contributed by atoms with Crippen LogP contribution >= 0.6 is 12.2 Å². The highest BCUT2D eigenvalue weighted by Gasteiger charge is 2.21. The molecule has 0 radical (unpaired) electrons. The van der Waals surface area contributed by atoms with E-state index in [9.17, 15) is 0 Å². The SMILES string of the molecule is C=CCOc1ccc(NC(=S)N[C@H]2CCCc3cc(OC)ccc32)cc1. The lowest BCUT2D eigenvalue weighted by Gasteiger charge is -2.28. The van der Waals surface area contributed by atoms with Crippen LogP contribution in [0.3, 0.4) is 0 Å². The Morgan fingerprint density at radius 3 is 2.73 bits per heavy atom. The van der Waals surface area contributed by atoms with Crippen LogP contribution in [0.4, 0.5) is 5.69 Å². The summed E-state index contributed by atoms with van der Waals surface area (Å²) >= 11 is 5.51. The van der Waals surface area contributed by atoms with Gasteiger partial charge in [0, 0.05) is 5.69 Å². The second-order valence-electron chi connectivity index (χ2n) is 6.23. The molecule has 0 aliphatic heterocycles. The molecule has 0 fully saturated rings. The van der Waals surface area contributed by atoms with Crippen LogP contribution in [0.1, 0.15) is 30.0 Å². The van der Waals surface area contributed by atoms with Crippen molar-refractivity contribution in [1.29, 1.82) is 0 Å². The predicted octanol–water partition coefficient (Wildman–Crippen LogP) is 4.62. The molecule has 0 saturated carbocycles. The van der Waals surface area contributed by atoms with E-state index < -0.39 is 0 Å². The van der Waals surface area contributed by atoms with Crippen LogP contribution < -0.4 is 20.1 Å². The molecule has 3 rings (SSSR count). The second kappa shape index (κ2) is 8.72. The van der Waals surface area contributed by atoms with Crippen LogP contribution in [-0.4, -0.2) is 18.8 Å². The minimum atomic E-state index is 0.222. The van der Waals surface area contributed by atoms with E-state index in [2.05, 4.69) is 29.3 Å². The van der Waals surface area contributed by atoms with Crippen LogP contribution in [-0.2, 0) is 6.42 Å². The van der Waals surface area contributed by atoms with Crippen molar-refractivity contribution in [3.63, 3.8) is 0 Å². The van der Waals surface area contributed by atoms with E-state index in [1.807, 2.05) is 30.3 Å². The molecular weight excluding hydrogens is 344 g/mol. The molecule has 2 aromatic rings. The first-order chi connectivity index (χ1) is 12.7. The third-order valence-electron chi connectivity index (χ3n) is 4.45. The van der Waals surface area contributed by atoms with Gasteiger partial charge in [0.15, 0.2) is 5.11 Å². The molecule has 0 amide bonds. The summed E-state index contributed by atoms with van der Waals surface area (Å²) in [5.74, 6) is 1.72. The standard InChI is InChI=1S/C21H24N2O2S/c1-3-13-25-17-9-7-16(8-10-17)22-21(26)23-20-6-4-5-15-14-18(24-2)11-12-19(15)20/h3,7-12,14,20H,1,4-6,13H2,2H3,(H2,22,23,26)/t20-/m0/s1. The number of benzene rings is 2. The summed E-state index contributed by atoms with van der Waals surface area (Å²) in [5.41, 5.74) is 3.56. The molecule has 0 saturated heterocycles. The predicted molar refractivity (Wildman–Crippen MR) is 110 cm³/mol. The molecule has 1 atom stereocenters. The summed E-state index contributed by atoms with van der Waals surface area (Å²) < 4.78 is 10.8. The zero-order valence-corrected chi connectivity index (χ0v) is 15.8. The fraction of sp³-hybridized carbons (Fsp3) is 0.286. The Morgan fingerprint density at radius 1 is 1.23 bits per heavy atom. The first kappa shape index (κ1) is 18.3. The molecule has 0 aromatic heterocycles. The molecule has 0 bridgehead atoms. The van der Waals surface area contributed by atoms with Gasteiger partial charge in [-0.1, -0.05) is 18.7 Å². The molecule has 5 heteroatoms. The van der Waals surface area contributed by atoms with Crippen molar-refractivity contribution in [2.45, 2.75) is 25.3 Å². The van der Waals surface area contributed by atoms with Gasteiger partial charge in [0.2, 0.25) is 0 Å². The number of ether oxygens (including phenoxy) is 2. The summed E-state index contributed by atoms with van der Waals surface area (Å²) in [4.78, 5) is 0.